The van der Waals surface area contributed by atoms with Gasteiger partial charge in [0.25, 0.3) is 11.8 Å². The van der Waals surface area contributed by atoms with Gasteiger partial charge in [0.05, 0.1) is 22.5 Å². The molecule has 8 heteroatoms. The first-order valence-corrected chi connectivity index (χ1v) is 14.1. The first-order chi connectivity index (χ1) is 19.3. The summed E-state index contributed by atoms with van der Waals surface area (Å²) in [6.45, 7) is 5.60. The van der Waals surface area contributed by atoms with Crippen molar-refractivity contribution in [3.8, 4) is 11.1 Å². The number of likely N-dealkylation sites (tertiary alicyclic amines) is 1. The first-order valence-electron chi connectivity index (χ1n) is 13.7. The Hall–Kier alpha value is -3.97. The number of aryl methyl sites for hydroxylation is 1. The molecule has 0 spiro atoms. The van der Waals surface area contributed by atoms with Gasteiger partial charge in [-0.25, -0.2) is 0 Å². The van der Waals surface area contributed by atoms with E-state index in [4.69, 9.17) is 11.6 Å². The Morgan fingerprint density at radius 3 is 2.33 bits per heavy atom. The predicted molar refractivity (Wildman–Crippen MR) is 159 cm³/mol. The van der Waals surface area contributed by atoms with Crippen LogP contribution >= 0.6 is 11.6 Å². The fourth-order valence-corrected chi connectivity index (χ4v) is 5.33. The molecule has 7 nitrogen and oxygen atoms in total. The second kappa shape index (κ2) is 12.0. The number of carbonyl (C=O) groups is 2. The largest absolute Gasteiger partial charge is 0.339 e. The number of carbonyl (C=O) groups excluding carboxylic acids is 2. The van der Waals surface area contributed by atoms with Crippen molar-refractivity contribution in [2.45, 2.75) is 39.0 Å². The lowest BCUT2D eigenvalue weighted by molar-refractivity contribution is 0.0712. The van der Waals surface area contributed by atoms with E-state index in [2.05, 4.69) is 53.5 Å². The van der Waals surface area contributed by atoms with Crippen LogP contribution in [0.4, 0.5) is 5.69 Å². The van der Waals surface area contributed by atoms with Gasteiger partial charge in [0.2, 0.25) is 0 Å². The molecule has 40 heavy (non-hydrogen) atoms. The molecule has 4 aromatic rings. The number of pyridine rings is 1. The maximum atomic E-state index is 13.3. The molecule has 0 saturated carbocycles. The van der Waals surface area contributed by atoms with Gasteiger partial charge in [-0.3, -0.25) is 19.3 Å². The number of aromatic nitrogens is 3. The number of benzene rings is 2. The zero-order chi connectivity index (χ0) is 28.2. The molecule has 0 radical (unpaired) electrons. The van der Waals surface area contributed by atoms with Crippen LogP contribution in [-0.4, -0.2) is 44.6 Å². The number of hydrogen-bond acceptors (Lipinski definition) is 4. The summed E-state index contributed by atoms with van der Waals surface area (Å²) in [5.74, 6) is 0.525. The fourth-order valence-electron chi connectivity index (χ4n) is 5.16. The van der Waals surface area contributed by atoms with Gasteiger partial charge in [0, 0.05) is 49.4 Å². The summed E-state index contributed by atoms with van der Waals surface area (Å²) < 4.78 is 1.80. The third-order valence-corrected chi connectivity index (χ3v) is 7.70. The lowest BCUT2D eigenvalue weighted by Gasteiger charge is -2.32. The number of hydrogen-bond donors (Lipinski definition) is 1. The molecule has 0 unspecified atom stereocenters. The van der Waals surface area contributed by atoms with E-state index in [0.29, 0.717) is 46.8 Å². The number of amides is 2. The van der Waals surface area contributed by atoms with Crippen LogP contribution in [0.25, 0.3) is 11.1 Å². The van der Waals surface area contributed by atoms with Gasteiger partial charge in [-0.05, 0) is 72.6 Å². The highest BCUT2D eigenvalue weighted by atomic mass is 35.5. The molecule has 0 bridgehead atoms. The van der Waals surface area contributed by atoms with Gasteiger partial charge >= 0.3 is 0 Å². The van der Waals surface area contributed by atoms with Crippen LogP contribution in [0.2, 0.25) is 5.02 Å². The monoisotopic (exact) mass is 555 g/mol. The van der Waals surface area contributed by atoms with Crippen molar-refractivity contribution in [3.05, 3.63) is 101 Å². The summed E-state index contributed by atoms with van der Waals surface area (Å²) in [6, 6.07) is 17.3. The van der Waals surface area contributed by atoms with Crippen LogP contribution < -0.4 is 5.32 Å². The molecular weight excluding hydrogens is 522 g/mol. The van der Waals surface area contributed by atoms with Crippen LogP contribution in [-0.2, 0) is 13.5 Å². The van der Waals surface area contributed by atoms with Crippen molar-refractivity contribution in [3.63, 3.8) is 0 Å². The predicted octanol–water partition coefficient (Wildman–Crippen LogP) is 6.61. The zero-order valence-corrected chi connectivity index (χ0v) is 23.9. The molecule has 2 amide bonds. The minimum atomic E-state index is -0.314. The number of piperidine rings is 1. The Balaban J connectivity index is 1.19. The van der Waals surface area contributed by atoms with Crippen molar-refractivity contribution in [2.24, 2.45) is 13.0 Å². The van der Waals surface area contributed by atoms with Gasteiger partial charge in [-0.1, -0.05) is 49.7 Å². The Labute approximate surface area is 240 Å². The average Bonchev–Trinajstić information content (AvgIpc) is 3.40. The number of rotatable bonds is 7. The molecule has 2 aromatic carbocycles. The minimum Gasteiger partial charge on any atom is -0.339 e. The summed E-state index contributed by atoms with van der Waals surface area (Å²) in [5.41, 5.74) is 5.84. The Bertz CT molecular complexity index is 1490. The summed E-state index contributed by atoms with van der Waals surface area (Å²) in [6.07, 6.45) is 8.11. The molecule has 1 fully saturated rings. The summed E-state index contributed by atoms with van der Waals surface area (Å²) in [7, 11) is 1.92. The van der Waals surface area contributed by atoms with Crippen LogP contribution in [0.3, 0.4) is 0 Å². The molecule has 1 aliphatic rings. The summed E-state index contributed by atoms with van der Waals surface area (Å²) >= 11 is 6.38. The van der Waals surface area contributed by atoms with E-state index in [1.807, 2.05) is 30.4 Å². The van der Waals surface area contributed by atoms with Crippen LogP contribution in [0.1, 0.15) is 64.6 Å². The van der Waals surface area contributed by atoms with E-state index < -0.39 is 0 Å². The first kappa shape index (κ1) is 27.6. The van der Waals surface area contributed by atoms with Gasteiger partial charge in [0.1, 0.15) is 0 Å². The second-order valence-corrected chi connectivity index (χ2v) is 11.3. The van der Waals surface area contributed by atoms with E-state index in [-0.39, 0.29) is 11.8 Å². The van der Waals surface area contributed by atoms with Crippen LogP contribution in [0.15, 0.2) is 73.2 Å². The number of nitrogens with one attached hydrogen (secondary N) is 1. The van der Waals surface area contributed by atoms with Gasteiger partial charge in [-0.15, -0.1) is 0 Å². The highest BCUT2D eigenvalue weighted by molar-refractivity contribution is 6.34. The second-order valence-electron chi connectivity index (χ2n) is 10.9. The molecule has 0 aliphatic carbocycles. The highest BCUT2D eigenvalue weighted by Gasteiger charge is 2.25. The highest BCUT2D eigenvalue weighted by Crippen LogP contribution is 2.31. The Morgan fingerprint density at radius 2 is 1.70 bits per heavy atom. The standard InChI is InChI=1S/C32H34ClN5O2/c1-21(2)16-28-10-8-26(18-34-28)31(39)36-30-17-25(9-11-29(30)33)32(40)38-14-12-24(13-15-38)22-4-6-23(7-5-22)27-19-35-37(3)20-27/h4-11,17-21,24H,12-16H2,1-3H3,(H,36,39). The zero-order valence-electron chi connectivity index (χ0n) is 23.1. The smallest absolute Gasteiger partial charge is 0.257 e. The number of nitrogens with zero attached hydrogens (tertiary/aromatic N) is 4. The SMILES string of the molecule is CC(C)Cc1ccc(C(=O)Nc2cc(C(=O)N3CCC(c4ccc(-c5cnn(C)c5)cc4)CC3)ccc2Cl)cn1. The van der Waals surface area contributed by atoms with E-state index in [9.17, 15) is 9.59 Å². The van der Waals surface area contributed by atoms with Crippen molar-refractivity contribution in [1.82, 2.24) is 19.7 Å². The fraction of sp³-hybridized carbons (Fsp3) is 0.312. The van der Waals surface area contributed by atoms with Gasteiger partial charge in [-0.2, -0.15) is 5.10 Å². The minimum absolute atomic E-state index is 0.0581. The van der Waals surface area contributed by atoms with E-state index in [0.717, 1.165) is 36.1 Å². The van der Waals surface area contributed by atoms with Crippen molar-refractivity contribution in [2.75, 3.05) is 18.4 Å². The molecule has 1 aliphatic heterocycles. The van der Waals surface area contributed by atoms with E-state index >= 15 is 0 Å². The van der Waals surface area contributed by atoms with Crippen molar-refractivity contribution < 1.29 is 9.59 Å². The third-order valence-electron chi connectivity index (χ3n) is 7.37. The van der Waals surface area contributed by atoms with Crippen molar-refractivity contribution in [1.29, 1.82) is 0 Å². The topological polar surface area (TPSA) is 80.1 Å². The van der Waals surface area contributed by atoms with Gasteiger partial charge < -0.3 is 10.2 Å². The quantitative estimate of drug-likeness (QED) is 0.278. The average molecular weight is 556 g/mol. The lowest BCUT2D eigenvalue weighted by atomic mass is 9.88. The Kier molecular flexibility index (Phi) is 8.31. The molecule has 1 N–H and O–H groups in total. The maximum Gasteiger partial charge on any atom is 0.257 e. The normalized spacial score (nSPS) is 14.0. The molecule has 2 aromatic heterocycles. The lowest BCUT2D eigenvalue weighted by Crippen LogP contribution is -2.38. The number of halogens is 1. The van der Waals surface area contributed by atoms with E-state index in [1.165, 1.54) is 5.56 Å². The van der Waals surface area contributed by atoms with E-state index in [1.54, 1.807) is 35.1 Å². The molecule has 0 atom stereocenters. The number of anilines is 1. The van der Waals surface area contributed by atoms with Crippen LogP contribution in [0, 0.1) is 5.92 Å². The van der Waals surface area contributed by atoms with Crippen LogP contribution in [0.5, 0.6) is 0 Å². The third kappa shape index (κ3) is 6.42. The molecular formula is C32H34ClN5O2. The molecule has 3 heterocycles. The maximum absolute atomic E-state index is 13.3. The Morgan fingerprint density at radius 1 is 0.975 bits per heavy atom. The molecule has 5 rings (SSSR count). The summed E-state index contributed by atoms with van der Waals surface area (Å²) in [4.78, 5) is 32.5. The molecule has 206 valence electrons. The molecule has 1 saturated heterocycles. The summed E-state index contributed by atoms with van der Waals surface area (Å²) in [5, 5.41) is 7.47. The van der Waals surface area contributed by atoms with Gasteiger partial charge in [0.15, 0.2) is 0 Å². The van der Waals surface area contributed by atoms with Crippen molar-refractivity contribution >= 4 is 29.1 Å².